The molecule has 1 aromatic carbocycles. The molecule has 20 heavy (non-hydrogen) atoms. The largest absolute Gasteiger partial charge is 0.508 e. The molecule has 1 atom stereocenters. The molecule has 2 rings (SSSR count). The molecule has 1 aliphatic carbocycles. The maximum Gasteiger partial charge on any atom is 0.140 e. The van der Waals surface area contributed by atoms with Crippen LogP contribution in [0.2, 0.25) is 0 Å². The van der Waals surface area contributed by atoms with E-state index in [-0.39, 0.29) is 11.5 Å². The van der Waals surface area contributed by atoms with Gasteiger partial charge in [0.25, 0.3) is 0 Å². The number of hydrogen-bond acceptors (Lipinski definition) is 4. The molecule has 4 nitrogen and oxygen atoms in total. The predicted molar refractivity (Wildman–Crippen MR) is 75.6 cm³/mol. The standard InChI is InChI=1S/C16H16O4/c17-13-5-1-2-7-15(11-13)19-9-4-10-20-16-8-3-6-14(18)12-16/h1,3,5-6,8,11-12,15,17-18H,4,9-10H2. The summed E-state index contributed by atoms with van der Waals surface area (Å²) in [4.78, 5) is 0. The molecule has 4 heteroatoms. The van der Waals surface area contributed by atoms with Gasteiger partial charge in [0, 0.05) is 12.5 Å². The number of ether oxygens (including phenoxy) is 2. The van der Waals surface area contributed by atoms with Crippen LogP contribution < -0.4 is 4.74 Å². The second kappa shape index (κ2) is 7.27. The molecule has 0 saturated heterocycles. The van der Waals surface area contributed by atoms with Crippen LogP contribution >= 0.6 is 0 Å². The van der Waals surface area contributed by atoms with E-state index in [1.165, 1.54) is 6.08 Å². The number of hydrogen-bond donors (Lipinski definition) is 2. The molecule has 0 aromatic heterocycles. The van der Waals surface area contributed by atoms with Gasteiger partial charge >= 0.3 is 0 Å². The summed E-state index contributed by atoms with van der Waals surface area (Å²) in [7, 11) is 0. The zero-order valence-corrected chi connectivity index (χ0v) is 11.0. The third kappa shape index (κ3) is 4.71. The highest BCUT2D eigenvalue weighted by molar-refractivity contribution is 5.32. The Morgan fingerprint density at radius 1 is 1.20 bits per heavy atom. The Kier molecular flexibility index (Phi) is 5.10. The first-order chi connectivity index (χ1) is 9.74. The molecule has 1 aromatic rings. The summed E-state index contributed by atoms with van der Waals surface area (Å²) in [5.41, 5.74) is 0. The fourth-order valence-electron chi connectivity index (χ4n) is 1.63. The summed E-state index contributed by atoms with van der Waals surface area (Å²) in [6.45, 7) is 0.958. The van der Waals surface area contributed by atoms with Gasteiger partial charge in [0.2, 0.25) is 0 Å². The van der Waals surface area contributed by atoms with Crippen LogP contribution in [0.15, 0.2) is 48.3 Å². The van der Waals surface area contributed by atoms with Crippen LogP contribution in [0.4, 0.5) is 0 Å². The molecule has 0 radical (unpaired) electrons. The van der Waals surface area contributed by atoms with E-state index in [1.54, 1.807) is 36.4 Å². The molecule has 0 spiro atoms. The summed E-state index contributed by atoms with van der Waals surface area (Å²) < 4.78 is 11.0. The Balaban J connectivity index is 1.67. The van der Waals surface area contributed by atoms with Gasteiger partial charge in [0.05, 0.1) is 13.2 Å². The molecule has 1 aliphatic rings. The van der Waals surface area contributed by atoms with Gasteiger partial charge in [0.15, 0.2) is 0 Å². The van der Waals surface area contributed by atoms with E-state index in [0.29, 0.717) is 25.4 Å². The summed E-state index contributed by atoms with van der Waals surface area (Å²) in [5.74, 6) is 6.58. The third-order valence-corrected chi connectivity index (χ3v) is 2.56. The predicted octanol–water partition coefficient (Wildman–Crippen LogP) is 2.56. The lowest BCUT2D eigenvalue weighted by Crippen LogP contribution is -2.11. The van der Waals surface area contributed by atoms with Crippen molar-refractivity contribution in [3.63, 3.8) is 0 Å². The van der Waals surface area contributed by atoms with Crippen molar-refractivity contribution in [2.24, 2.45) is 0 Å². The summed E-state index contributed by atoms with van der Waals surface area (Å²) in [5, 5.41) is 18.7. The van der Waals surface area contributed by atoms with E-state index >= 15 is 0 Å². The molecular weight excluding hydrogens is 256 g/mol. The summed E-state index contributed by atoms with van der Waals surface area (Å²) >= 11 is 0. The van der Waals surface area contributed by atoms with Crippen LogP contribution in [0, 0.1) is 11.8 Å². The lowest BCUT2D eigenvalue weighted by molar-refractivity contribution is 0.106. The number of benzene rings is 1. The lowest BCUT2D eigenvalue weighted by Gasteiger charge is -2.09. The minimum atomic E-state index is -0.397. The third-order valence-electron chi connectivity index (χ3n) is 2.56. The minimum Gasteiger partial charge on any atom is -0.508 e. The van der Waals surface area contributed by atoms with Gasteiger partial charge in [0.1, 0.15) is 23.4 Å². The smallest absolute Gasteiger partial charge is 0.140 e. The molecule has 0 amide bonds. The van der Waals surface area contributed by atoms with Crippen molar-refractivity contribution < 1.29 is 19.7 Å². The van der Waals surface area contributed by atoms with E-state index in [4.69, 9.17) is 9.47 Å². The van der Waals surface area contributed by atoms with Crippen molar-refractivity contribution in [1.82, 2.24) is 0 Å². The molecular formula is C16H16O4. The van der Waals surface area contributed by atoms with E-state index in [2.05, 4.69) is 11.8 Å². The van der Waals surface area contributed by atoms with Gasteiger partial charge in [-0.05, 0) is 30.4 Å². The highest BCUT2D eigenvalue weighted by atomic mass is 16.5. The van der Waals surface area contributed by atoms with E-state index in [9.17, 15) is 10.2 Å². The number of rotatable bonds is 6. The Labute approximate surface area is 118 Å². The minimum absolute atomic E-state index is 0.142. The highest BCUT2D eigenvalue weighted by Gasteiger charge is 2.04. The van der Waals surface area contributed by atoms with Gasteiger partial charge in [-0.15, -0.1) is 0 Å². The zero-order chi connectivity index (χ0) is 14.2. The first kappa shape index (κ1) is 14.0. The molecule has 0 heterocycles. The maximum absolute atomic E-state index is 9.40. The Morgan fingerprint density at radius 3 is 2.95 bits per heavy atom. The Morgan fingerprint density at radius 2 is 2.10 bits per heavy atom. The number of phenols is 1. The average molecular weight is 272 g/mol. The SMILES string of the molecule is OC1=CC(OCCCOc2cccc(O)c2)C#CC=C1. The number of aromatic hydroxyl groups is 1. The van der Waals surface area contributed by atoms with Crippen molar-refractivity contribution in [2.75, 3.05) is 13.2 Å². The van der Waals surface area contributed by atoms with Crippen molar-refractivity contribution in [3.8, 4) is 23.3 Å². The summed E-state index contributed by atoms with van der Waals surface area (Å²) in [6, 6.07) is 6.66. The van der Waals surface area contributed by atoms with Crippen LogP contribution in [-0.4, -0.2) is 29.5 Å². The number of phenolic OH excluding ortho intramolecular Hbond substituents is 1. The normalized spacial score (nSPS) is 16.8. The van der Waals surface area contributed by atoms with E-state index < -0.39 is 6.10 Å². The second-order valence-electron chi connectivity index (χ2n) is 4.20. The van der Waals surface area contributed by atoms with Crippen LogP contribution in [-0.2, 0) is 4.74 Å². The van der Waals surface area contributed by atoms with Gasteiger partial charge in [-0.2, -0.15) is 0 Å². The Hall–Kier alpha value is -2.38. The summed E-state index contributed by atoms with van der Waals surface area (Å²) in [6.07, 6.45) is 4.97. The van der Waals surface area contributed by atoms with E-state index in [0.717, 1.165) is 0 Å². The fraction of sp³-hybridized carbons (Fsp3) is 0.250. The molecule has 0 bridgehead atoms. The number of aliphatic hydroxyl groups is 1. The fourth-order valence-corrected chi connectivity index (χ4v) is 1.63. The monoisotopic (exact) mass is 272 g/mol. The quantitative estimate of drug-likeness (QED) is 0.617. The van der Waals surface area contributed by atoms with Crippen molar-refractivity contribution in [3.05, 3.63) is 48.3 Å². The highest BCUT2D eigenvalue weighted by Crippen LogP contribution is 2.17. The van der Waals surface area contributed by atoms with Crippen molar-refractivity contribution in [1.29, 1.82) is 0 Å². The van der Waals surface area contributed by atoms with E-state index in [1.807, 2.05) is 0 Å². The van der Waals surface area contributed by atoms with Crippen molar-refractivity contribution >= 4 is 0 Å². The van der Waals surface area contributed by atoms with Crippen LogP contribution in [0.25, 0.3) is 0 Å². The molecule has 1 unspecified atom stereocenters. The van der Waals surface area contributed by atoms with Gasteiger partial charge in [-0.25, -0.2) is 0 Å². The lowest BCUT2D eigenvalue weighted by atomic mass is 10.3. The van der Waals surface area contributed by atoms with Gasteiger partial charge in [-0.1, -0.05) is 17.9 Å². The molecule has 104 valence electrons. The van der Waals surface area contributed by atoms with Gasteiger partial charge in [-0.3, -0.25) is 0 Å². The first-order valence-electron chi connectivity index (χ1n) is 6.36. The van der Waals surface area contributed by atoms with Crippen LogP contribution in [0.1, 0.15) is 6.42 Å². The molecule has 0 aliphatic heterocycles. The second-order valence-corrected chi connectivity index (χ2v) is 4.20. The van der Waals surface area contributed by atoms with Crippen molar-refractivity contribution in [2.45, 2.75) is 12.5 Å². The zero-order valence-electron chi connectivity index (χ0n) is 11.0. The Bertz CT molecular complexity index is 563. The topological polar surface area (TPSA) is 58.9 Å². The maximum atomic E-state index is 9.40. The number of allylic oxidation sites excluding steroid dienone is 2. The first-order valence-corrected chi connectivity index (χ1v) is 6.36. The number of aliphatic hydroxyl groups excluding tert-OH is 1. The molecule has 2 N–H and O–H groups in total. The van der Waals surface area contributed by atoms with Gasteiger partial charge < -0.3 is 19.7 Å². The molecule has 0 fully saturated rings. The average Bonchev–Trinajstić information content (AvgIpc) is 2.63. The van der Waals surface area contributed by atoms with Crippen LogP contribution in [0.5, 0.6) is 11.5 Å². The van der Waals surface area contributed by atoms with Crippen LogP contribution in [0.3, 0.4) is 0 Å². The molecule has 0 saturated carbocycles.